The molecule has 3 atom stereocenters. The number of halogens is 1. The fraction of sp³-hybridized carbons (Fsp3) is 0.481. The number of nitrogens with zero attached hydrogens (tertiary/aromatic N) is 2. The molecule has 5 nitrogen and oxygen atoms in total. The molecule has 2 aliphatic heterocycles. The fourth-order valence-electron chi connectivity index (χ4n) is 6.46. The van der Waals surface area contributed by atoms with E-state index in [2.05, 4.69) is 16.3 Å². The van der Waals surface area contributed by atoms with Gasteiger partial charge in [0.1, 0.15) is 11.4 Å². The summed E-state index contributed by atoms with van der Waals surface area (Å²) in [5, 5.41) is 24.0. The summed E-state index contributed by atoms with van der Waals surface area (Å²) < 4.78 is 13.5. The van der Waals surface area contributed by atoms with E-state index in [1.165, 1.54) is 12.1 Å². The van der Waals surface area contributed by atoms with Gasteiger partial charge in [-0.3, -0.25) is 9.69 Å². The van der Waals surface area contributed by atoms with Crippen molar-refractivity contribution < 1.29 is 14.3 Å². The molecule has 3 fully saturated rings. The number of hydrogen-bond acceptors (Lipinski definition) is 4. The molecule has 1 amide bonds. The van der Waals surface area contributed by atoms with Gasteiger partial charge in [-0.25, -0.2) is 4.39 Å². The summed E-state index contributed by atoms with van der Waals surface area (Å²) in [5.74, 6) is -0.127. The first-order valence-corrected chi connectivity index (χ1v) is 12.0. The van der Waals surface area contributed by atoms with Crippen LogP contribution in [0.15, 0.2) is 48.5 Å². The van der Waals surface area contributed by atoms with Gasteiger partial charge in [0, 0.05) is 18.5 Å². The molecule has 3 aliphatic rings. The average Bonchev–Trinajstić information content (AvgIpc) is 3.16. The van der Waals surface area contributed by atoms with E-state index in [1.54, 1.807) is 24.3 Å². The Morgan fingerprint density at radius 3 is 2.39 bits per heavy atom. The van der Waals surface area contributed by atoms with Crippen molar-refractivity contribution in [2.75, 3.05) is 19.6 Å². The molecule has 1 aliphatic carbocycles. The molecule has 0 radical (unpaired) electrons. The van der Waals surface area contributed by atoms with Crippen LogP contribution >= 0.6 is 0 Å². The third-order valence-electron chi connectivity index (χ3n) is 8.34. The Bertz CT molecular complexity index is 1050. The zero-order valence-corrected chi connectivity index (χ0v) is 18.8. The van der Waals surface area contributed by atoms with E-state index in [0.717, 1.165) is 56.3 Å². The van der Waals surface area contributed by atoms with Crippen molar-refractivity contribution in [2.24, 2.45) is 5.41 Å². The number of hydrogen-bond donors (Lipinski definition) is 2. The SMILES string of the molecule is N#Cc1ccc(C2(O)CCCCC2N2CCC3(CC2)C(=O)NCC3c2ccc(F)cc2)cc1. The standard InChI is InChI=1S/C27H30FN3O2/c28-22-10-6-20(7-11-22)23-18-30-25(32)26(23)13-15-31(16-14-26)24-3-1-2-12-27(24,33)21-8-4-19(17-29)5-9-21/h4-11,23-24,33H,1-3,12-16,18H2,(H,30,32). The Kier molecular flexibility index (Phi) is 5.72. The van der Waals surface area contributed by atoms with E-state index < -0.39 is 11.0 Å². The number of carbonyl (C=O) groups is 1. The first-order valence-electron chi connectivity index (χ1n) is 12.0. The number of nitriles is 1. The van der Waals surface area contributed by atoms with Crippen molar-refractivity contribution in [2.45, 2.75) is 56.1 Å². The van der Waals surface area contributed by atoms with Crippen LogP contribution in [0.25, 0.3) is 0 Å². The summed E-state index contributed by atoms with van der Waals surface area (Å²) >= 11 is 0. The molecule has 2 heterocycles. The van der Waals surface area contributed by atoms with Crippen LogP contribution in [0.3, 0.4) is 0 Å². The van der Waals surface area contributed by atoms with E-state index in [9.17, 15) is 14.3 Å². The summed E-state index contributed by atoms with van der Waals surface area (Å²) in [7, 11) is 0. The smallest absolute Gasteiger partial charge is 0.227 e. The molecule has 6 heteroatoms. The summed E-state index contributed by atoms with van der Waals surface area (Å²) in [5.41, 5.74) is 1.04. The highest BCUT2D eigenvalue weighted by atomic mass is 19.1. The first-order chi connectivity index (χ1) is 16.0. The lowest BCUT2D eigenvalue weighted by Crippen LogP contribution is -2.57. The number of amides is 1. The van der Waals surface area contributed by atoms with E-state index in [-0.39, 0.29) is 23.7 Å². The summed E-state index contributed by atoms with van der Waals surface area (Å²) in [6, 6.07) is 16.0. The highest BCUT2D eigenvalue weighted by Gasteiger charge is 2.54. The van der Waals surface area contributed by atoms with Crippen molar-refractivity contribution in [3.8, 4) is 6.07 Å². The predicted octanol–water partition coefficient (Wildman–Crippen LogP) is 3.82. The van der Waals surface area contributed by atoms with Gasteiger partial charge in [0.25, 0.3) is 0 Å². The van der Waals surface area contributed by atoms with Gasteiger partial charge in [0.05, 0.1) is 17.0 Å². The molecule has 33 heavy (non-hydrogen) atoms. The minimum absolute atomic E-state index is 0.00901. The third kappa shape index (κ3) is 3.74. The lowest BCUT2D eigenvalue weighted by Gasteiger charge is -2.50. The molecule has 2 N–H and O–H groups in total. The minimum atomic E-state index is -0.953. The van der Waals surface area contributed by atoms with Crippen molar-refractivity contribution in [1.82, 2.24) is 10.2 Å². The number of nitrogens with one attached hydrogen (secondary N) is 1. The van der Waals surface area contributed by atoms with E-state index in [4.69, 9.17) is 5.26 Å². The average molecular weight is 448 g/mol. The van der Waals surface area contributed by atoms with Crippen molar-refractivity contribution in [1.29, 1.82) is 5.26 Å². The molecular formula is C27H30FN3O2. The number of piperidine rings is 1. The van der Waals surface area contributed by atoms with Crippen LogP contribution in [0.1, 0.15) is 61.1 Å². The molecule has 0 aromatic heterocycles. The van der Waals surface area contributed by atoms with E-state index in [1.807, 2.05) is 12.1 Å². The quantitative estimate of drug-likeness (QED) is 0.750. The van der Waals surface area contributed by atoms with Gasteiger partial charge in [-0.05, 0) is 74.2 Å². The number of carbonyl (C=O) groups excluding carboxylic acids is 1. The lowest BCUT2D eigenvalue weighted by molar-refractivity contribution is -0.134. The maximum Gasteiger partial charge on any atom is 0.227 e. The Morgan fingerprint density at radius 1 is 1.03 bits per heavy atom. The van der Waals surface area contributed by atoms with Crippen LogP contribution in [-0.4, -0.2) is 41.6 Å². The molecule has 2 aromatic rings. The second kappa shape index (κ2) is 8.55. The van der Waals surface area contributed by atoms with Crippen LogP contribution in [-0.2, 0) is 10.4 Å². The molecule has 1 spiro atoms. The van der Waals surface area contributed by atoms with Gasteiger partial charge in [-0.15, -0.1) is 0 Å². The minimum Gasteiger partial charge on any atom is -0.384 e. The van der Waals surface area contributed by atoms with Crippen LogP contribution < -0.4 is 5.32 Å². The molecule has 5 rings (SSSR count). The maximum atomic E-state index is 13.5. The number of likely N-dealkylation sites (tertiary alicyclic amines) is 1. The van der Waals surface area contributed by atoms with Crippen LogP contribution in [0.5, 0.6) is 0 Å². The normalized spacial score (nSPS) is 29.5. The second-order valence-corrected chi connectivity index (χ2v) is 9.88. The Labute approximate surface area is 194 Å². The predicted molar refractivity (Wildman–Crippen MR) is 123 cm³/mol. The topological polar surface area (TPSA) is 76.4 Å². The van der Waals surface area contributed by atoms with Crippen LogP contribution in [0, 0.1) is 22.6 Å². The highest BCUT2D eigenvalue weighted by molar-refractivity contribution is 5.86. The van der Waals surface area contributed by atoms with Gasteiger partial charge in [-0.1, -0.05) is 37.1 Å². The highest BCUT2D eigenvalue weighted by Crippen LogP contribution is 2.49. The molecule has 1 saturated carbocycles. The van der Waals surface area contributed by atoms with Gasteiger partial charge in [0.15, 0.2) is 0 Å². The molecule has 2 saturated heterocycles. The molecule has 2 aromatic carbocycles. The molecule has 3 unspecified atom stereocenters. The number of benzene rings is 2. The van der Waals surface area contributed by atoms with Crippen LogP contribution in [0.2, 0.25) is 0 Å². The zero-order chi connectivity index (χ0) is 23.1. The van der Waals surface area contributed by atoms with E-state index >= 15 is 0 Å². The Balaban J connectivity index is 1.37. The molecular weight excluding hydrogens is 417 g/mol. The Morgan fingerprint density at radius 2 is 1.73 bits per heavy atom. The summed E-state index contributed by atoms with van der Waals surface area (Å²) in [6.45, 7) is 2.08. The van der Waals surface area contributed by atoms with Crippen molar-refractivity contribution >= 4 is 5.91 Å². The maximum absolute atomic E-state index is 13.5. The first kappa shape index (κ1) is 22.1. The fourth-order valence-corrected chi connectivity index (χ4v) is 6.46. The van der Waals surface area contributed by atoms with Crippen LogP contribution in [0.4, 0.5) is 4.39 Å². The van der Waals surface area contributed by atoms with Gasteiger partial charge in [-0.2, -0.15) is 5.26 Å². The number of rotatable bonds is 3. The second-order valence-electron chi connectivity index (χ2n) is 9.88. The molecule has 0 bridgehead atoms. The van der Waals surface area contributed by atoms with Gasteiger partial charge < -0.3 is 10.4 Å². The lowest BCUT2D eigenvalue weighted by atomic mass is 9.66. The van der Waals surface area contributed by atoms with E-state index in [0.29, 0.717) is 18.5 Å². The monoisotopic (exact) mass is 447 g/mol. The summed E-state index contributed by atoms with van der Waals surface area (Å²) in [6.07, 6.45) is 5.10. The Hall–Kier alpha value is -2.75. The summed E-state index contributed by atoms with van der Waals surface area (Å²) in [4.78, 5) is 15.4. The zero-order valence-electron chi connectivity index (χ0n) is 18.8. The van der Waals surface area contributed by atoms with Crippen molar-refractivity contribution in [3.63, 3.8) is 0 Å². The third-order valence-corrected chi connectivity index (χ3v) is 8.34. The number of aliphatic hydroxyl groups is 1. The van der Waals surface area contributed by atoms with Gasteiger partial charge >= 0.3 is 0 Å². The largest absolute Gasteiger partial charge is 0.384 e. The van der Waals surface area contributed by atoms with Gasteiger partial charge in [0.2, 0.25) is 5.91 Å². The van der Waals surface area contributed by atoms with Crippen molar-refractivity contribution in [3.05, 3.63) is 71.0 Å². The molecule has 172 valence electrons.